The van der Waals surface area contributed by atoms with E-state index in [0.717, 1.165) is 41.1 Å². The van der Waals surface area contributed by atoms with Crippen LogP contribution < -0.4 is 10.6 Å². The Morgan fingerprint density at radius 3 is 2.67 bits per heavy atom. The number of rotatable bonds is 5. The maximum atomic E-state index is 4.48. The molecular weight excluding hydrogens is 298 g/mol. The molecule has 0 fully saturated rings. The first-order chi connectivity index (χ1) is 11.9. The van der Waals surface area contributed by atoms with Crippen molar-refractivity contribution in [3.05, 3.63) is 72.2 Å². The van der Waals surface area contributed by atoms with E-state index >= 15 is 0 Å². The van der Waals surface area contributed by atoms with Crippen LogP contribution in [0.15, 0.2) is 65.9 Å². The monoisotopic (exact) mass is 319 g/mol. The van der Waals surface area contributed by atoms with E-state index in [4.69, 9.17) is 0 Å². The summed E-state index contributed by atoms with van der Waals surface area (Å²) in [6.07, 6.45) is 4.50. The molecule has 24 heavy (non-hydrogen) atoms. The smallest absolute Gasteiger partial charge is 0.191 e. The molecule has 0 spiro atoms. The van der Waals surface area contributed by atoms with Crippen molar-refractivity contribution in [3.8, 4) is 0 Å². The SMILES string of the molecule is CN=C(NCCc1ccccn1)NCc1cccc2cccnc12. The van der Waals surface area contributed by atoms with E-state index in [1.165, 1.54) is 0 Å². The number of benzene rings is 1. The number of hydrogen-bond acceptors (Lipinski definition) is 3. The predicted octanol–water partition coefficient (Wildman–Crippen LogP) is 2.54. The van der Waals surface area contributed by atoms with Crippen LogP contribution in [-0.4, -0.2) is 29.5 Å². The first-order valence-corrected chi connectivity index (χ1v) is 8.04. The first kappa shape index (κ1) is 15.9. The quantitative estimate of drug-likeness (QED) is 0.560. The van der Waals surface area contributed by atoms with Gasteiger partial charge in [0.1, 0.15) is 0 Å². The highest BCUT2D eigenvalue weighted by atomic mass is 15.2. The molecule has 5 nitrogen and oxygen atoms in total. The molecule has 2 N–H and O–H groups in total. The number of fused-ring (bicyclic) bond motifs is 1. The molecule has 0 unspecified atom stereocenters. The Hall–Kier alpha value is -2.95. The molecule has 2 aromatic heterocycles. The van der Waals surface area contributed by atoms with Gasteiger partial charge in [0.25, 0.3) is 0 Å². The van der Waals surface area contributed by atoms with E-state index in [1.54, 1.807) is 7.05 Å². The summed E-state index contributed by atoms with van der Waals surface area (Å²) in [5.41, 5.74) is 3.25. The molecule has 0 amide bonds. The van der Waals surface area contributed by atoms with Gasteiger partial charge in [0.15, 0.2) is 5.96 Å². The summed E-state index contributed by atoms with van der Waals surface area (Å²) in [5, 5.41) is 7.81. The molecule has 0 atom stereocenters. The fraction of sp³-hybridized carbons (Fsp3) is 0.211. The number of hydrogen-bond donors (Lipinski definition) is 2. The third-order valence-corrected chi connectivity index (χ3v) is 3.79. The average Bonchev–Trinajstić information content (AvgIpc) is 2.65. The minimum Gasteiger partial charge on any atom is -0.356 e. The van der Waals surface area contributed by atoms with Crippen LogP contribution in [0.3, 0.4) is 0 Å². The minimum atomic E-state index is 0.678. The highest BCUT2D eigenvalue weighted by molar-refractivity contribution is 5.83. The summed E-state index contributed by atoms with van der Waals surface area (Å²) in [5.74, 6) is 0.777. The van der Waals surface area contributed by atoms with Gasteiger partial charge >= 0.3 is 0 Å². The molecule has 3 aromatic rings. The molecule has 122 valence electrons. The Labute approximate surface area is 141 Å². The van der Waals surface area contributed by atoms with Crippen LogP contribution in [-0.2, 0) is 13.0 Å². The first-order valence-electron chi connectivity index (χ1n) is 8.04. The highest BCUT2D eigenvalue weighted by Gasteiger charge is 2.03. The van der Waals surface area contributed by atoms with Crippen LogP contribution in [0, 0.1) is 0 Å². The lowest BCUT2D eigenvalue weighted by atomic mass is 10.1. The van der Waals surface area contributed by atoms with E-state index in [-0.39, 0.29) is 0 Å². The van der Waals surface area contributed by atoms with Crippen molar-refractivity contribution in [2.24, 2.45) is 4.99 Å². The van der Waals surface area contributed by atoms with Crippen molar-refractivity contribution in [2.75, 3.05) is 13.6 Å². The summed E-state index contributed by atoms with van der Waals surface area (Å²) < 4.78 is 0. The number of aromatic nitrogens is 2. The molecule has 3 rings (SSSR count). The van der Waals surface area contributed by atoms with Gasteiger partial charge in [0, 0.05) is 50.0 Å². The number of pyridine rings is 2. The zero-order valence-electron chi connectivity index (χ0n) is 13.7. The molecule has 0 radical (unpaired) electrons. The summed E-state index contributed by atoms with van der Waals surface area (Å²) in [4.78, 5) is 13.1. The van der Waals surface area contributed by atoms with Gasteiger partial charge in [-0.15, -0.1) is 0 Å². The zero-order chi connectivity index (χ0) is 16.6. The minimum absolute atomic E-state index is 0.678. The van der Waals surface area contributed by atoms with E-state index in [1.807, 2.05) is 36.7 Å². The van der Waals surface area contributed by atoms with Gasteiger partial charge in [-0.25, -0.2) is 0 Å². The van der Waals surface area contributed by atoms with Gasteiger partial charge < -0.3 is 10.6 Å². The molecule has 1 aromatic carbocycles. The van der Waals surface area contributed by atoms with Crippen molar-refractivity contribution in [1.29, 1.82) is 0 Å². The standard InChI is InChI=1S/C19H21N5/c1-20-19(23-13-10-17-9-2-3-11-21-17)24-14-16-7-4-6-15-8-5-12-22-18(15)16/h2-9,11-12H,10,13-14H2,1H3,(H2,20,23,24). The van der Waals surface area contributed by atoms with E-state index in [2.05, 4.69) is 49.9 Å². The molecule has 0 bridgehead atoms. The molecule has 0 saturated heterocycles. The van der Waals surface area contributed by atoms with Crippen molar-refractivity contribution in [2.45, 2.75) is 13.0 Å². The average molecular weight is 319 g/mol. The topological polar surface area (TPSA) is 62.2 Å². The van der Waals surface area contributed by atoms with Crippen LogP contribution in [0.25, 0.3) is 10.9 Å². The van der Waals surface area contributed by atoms with Gasteiger partial charge in [-0.2, -0.15) is 0 Å². The number of nitrogens with zero attached hydrogens (tertiary/aromatic N) is 3. The van der Waals surface area contributed by atoms with Crippen molar-refractivity contribution < 1.29 is 0 Å². The predicted molar refractivity (Wildman–Crippen MR) is 97.9 cm³/mol. The van der Waals surface area contributed by atoms with Crippen LogP contribution in [0.4, 0.5) is 0 Å². The fourth-order valence-electron chi connectivity index (χ4n) is 2.56. The Morgan fingerprint density at radius 1 is 0.958 bits per heavy atom. The number of guanidine groups is 1. The molecule has 0 aliphatic heterocycles. The normalized spacial score (nSPS) is 11.5. The molecule has 0 aliphatic rings. The van der Waals surface area contributed by atoms with Crippen LogP contribution in [0.5, 0.6) is 0 Å². The lowest BCUT2D eigenvalue weighted by Gasteiger charge is -2.12. The van der Waals surface area contributed by atoms with Gasteiger partial charge in [-0.3, -0.25) is 15.0 Å². The second kappa shape index (κ2) is 8.06. The number of aliphatic imine (C=N–C) groups is 1. The largest absolute Gasteiger partial charge is 0.356 e. The lowest BCUT2D eigenvalue weighted by Crippen LogP contribution is -2.38. The lowest BCUT2D eigenvalue weighted by molar-refractivity contribution is 0.785. The summed E-state index contributed by atoms with van der Waals surface area (Å²) in [6.45, 7) is 1.46. The zero-order valence-corrected chi connectivity index (χ0v) is 13.7. The summed E-state index contributed by atoms with van der Waals surface area (Å²) in [6, 6.07) is 16.2. The molecule has 5 heteroatoms. The van der Waals surface area contributed by atoms with Crippen LogP contribution in [0.2, 0.25) is 0 Å². The van der Waals surface area contributed by atoms with Gasteiger partial charge in [-0.05, 0) is 23.8 Å². The Kier molecular flexibility index (Phi) is 5.35. The van der Waals surface area contributed by atoms with Crippen molar-refractivity contribution >= 4 is 16.9 Å². The van der Waals surface area contributed by atoms with E-state index in [9.17, 15) is 0 Å². The third-order valence-electron chi connectivity index (χ3n) is 3.79. The van der Waals surface area contributed by atoms with Crippen molar-refractivity contribution in [1.82, 2.24) is 20.6 Å². The van der Waals surface area contributed by atoms with E-state index in [0.29, 0.717) is 6.54 Å². The van der Waals surface area contributed by atoms with Crippen LogP contribution >= 0.6 is 0 Å². The molecule has 2 heterocycles. The van der Waals surface area contributed by atoms with Crippen LogP contribution in [0.1, 0.15) is 11.3 Å². The van der Waals surface area contributed by atoms with Gasteiger partial charge in [-0.1, -0.05) is 30.3 Å². The molecule has 0 saturated carbocycles. The second-order valence-corrected chi connectivity index (χ2v) is 5.42. The maximum Gasteiger partial charge on any atom is 0.191 e. The van der Waals surface area contributed by atoms with Gasteiger partial charge in [0.05, 0.1) is 5.52 Å². The summed E-state index contributed by atoms with van der Waals surface area (Å²) >= 11 is 0. The number of para-hydroxylation sites is 1. The Balaban J connectivity index is 1.56. The Morgan fingerprint density at radius 2 is 1.83 bits per heavy atom. The fourth-order valence-corrected chi connectivity index (χ4v) is 2.56. The maximum absolute atomic E-state index is 4.48. The van der Waals surface area contributed by atoms with Crippen molar-refractivity contribution in [3.63, 3.8) is 0 Å². The number of nitrogens with one attached hydrogen (secondary N) is 2. The van der Waals surface area contributed by atoms with E-state index < -0.39 is 0 Å². The summed E-state index contributed by atoms with van der Waals surface area (Å²) in [7, 11) is 1.78. The van der Waals surface area contributed by atoms with Gasteiger partial charge in [0.2, 0.25) is 0 Å². The molecule has 0 aliphatic carbocycles. The highest BCUT2D eigenvalue weighted by Crippen LogP contribution is 2.15. The third kappa shape index (κ3) is 4.07. The Bertz CT molecular complexity index is 809. The second-order valence-electron chi connectivity index (χ2n) is 5.42. The molecular formula is C19H21N5.